The predicted molar refractivity (Wildman–Crippen MR) is 55.9 cm³/mol. The van der Waals surface area contributed by atoms with Crippen LogP contribution < -0.4 is 5.32 Å². The lowest BCUT2D eigenvalue weighted by Crippen LogP contribution is -2.46. The average Bonchev–Trinajstić information content (AvgIpc) is 2.27. The Hall–Kier alpha value is -1.31. The van der Waals surface area contributed by atoms with Crippen LogP contribution in [0.15, 0.2) is 0 Å². The molecular formula is C10H15F3N2O3. The van der Waals surface area contributed by atoms with Crippen molar-refractivity contribution in [3.8, 4) is 0 Å². The number of carboxylic acids is 1. The molecule has 0 spiro atoms. The number of hydrogen-bond donors (Lipinski definition) is 2. The van der Waals surface area contributed by atoms with E-state index in [2.05, 4.69) is 0 Å². The number of nitrogens with zero attached hydrogens (tertiary/aromatic N) is 1. The van der Waals surface area contributed by atoms with Crippen molar-refractivity contribution in [1.29, 1.82) is 0 Å². The summed E-state index contributed by atoms with van der Waals surface area (Å²) in [5, 5.41) is 10.8. The van der Waals surface area contributed by atoms with Crippen molar-refractivity contribution in [3.63, 3.8) is 0 Å². The van der Waals surface area contributed by atoms with E-state index in [0.717, 1.165) is 0 Å². The first kappa shape index (κ1) is 14.7. The fraction of sp³-hybridized carbons (Fsp3) is 0.800. The molecule has 0 bridgehead atoms. The van der Waals surface area contributed by atoms with E-state index in [0.29, 0.717) is 19.4 Å². The largest absolute Gasteiger partial charge is 0.481 e. The fourth-order valence-corrected chi connectivity index (χ4v) is 1.83. The number of amides is 1. The monoisotopic (exact) mass is 268 g/mol. The molecule has 0 unspecified atom stereocenters. The number of carboxylic acid groups (broad SMARTS) is 1. The van der Waals surface area contributed by atoms with Crippen LogP contribution in [-0.2, 0) is 9.59 Å². The van der Waals surface area contributed by atoms with Gasteiger partial charge in [0, 0.05) is 13.1 Å². The Balaban J connectivity index is 2.35. The zero-order valence-electron chi connectivity index (χ0n) is 9.66. The van der Waals surface area contributed by atoms with E-state index in [1.54, 1.807) is 0 Å². The Kier molecular flexibility index (Phi) is 4.94. The fourth-order valence-electron chi connectivity index (χ4n) is 1.83. The van der Waals surface area contributed by atoms with E-state index < -0.39 is 37.1 Å². The third-order valence-electron chi connectivity index (χ3n) is 2.73. The predicted octanol–water partition coefficient (Wildman–Crippen LogP) is 0.461. The van der Waals surface area contributed by atoms with Crippen molar-refractivity contribution in [1.82, 2.24) is 10.2 Å². The molecule has 104 valence electrons. The number of likely N-dealkylation sites (tertiary alicyclic amines) is 1. The van der Waals surface area contributed by atoms with E-state index in [9.17, 15) is 22.8 Å². The summed E-state index contributed by atoms with van der Waals surface area (Å²) < 4.78 is 35.6. The molecule has 0 aromatic heterocycles. The molecule has 1 amide bonds. The summed E-state index contributed by atoms with van der Waals surface area (Å²) >= 11 is 0. The van der Waals surface area contributed by atoms with Gasteiger partial charge in [0.05, 0.1) is 19.0 Å². The molecule has 0 saturated carbocycles. The quantitative estimate of drug-likeness (QED) is 0.777. The van der Waals surface area contributed by atoms with Crippen molar-refractivity contribution in [3.05, 3.63) is 0 Å². The molecule has 0 aromatic rings. The average molecular weight is 268 g/mol. The van der Waals surface area contributed by atoms with E-state index in [1.165, 1.54) is 4.90 Å². The second kappa shape index (κ2) is 6.03. The first-order valence-electron chi connectivity index (χ1n) is 5.57. The van der Waals surface area contributed by atoms with E-state index in [1.807, 2.05) is 5.32 Å². The summed E-state index contributed by atoms with van der Waals surface area (Å²) in [5.41, 5.74) is 0. The molecule has 0 aliphatic carbocycles. The van der Waals surface area contributed by atoms with Gasteiger partial charge >= 0.3 is 12.1 Å². The summed E-state index contributed by atoms with van der Waals surface area (Å²) in [4.78, 5) is 23.6. The molecule has 1 atom stereocenters. The van der Waals surface area contributed by atoms with Gasteiger partial charge < -0.3 is 15.3 Å². The molecule has 1 fully saturated rings. The topological polar surface area (TPSA) is 69.6 Å². The van der Waals surface area contributed by atoms with Gasteiger partial charge in [-0.05, 0) is 12.8 Å². The SMILES string of the molecule is O=C(O)[C@H]1CCCN(C(=O)CNCC(F)(F)F)C1. The Labute approximate surface area is 102 Å². The number of alkyl halides is 3. The van der Waals surface area contributed by atoms with Crippen LogP contribution in [-0.4, -0.2) is 54.2 Å². The van der Waals surface area contributed by atoms with Gasteiger partial charge in [0.2, 0.25) is 5.91 Å². The molecular weight excluding hydrogens is 253 g/mol. The molecule has 1 aliphatic heterocycles. The van der Waals surface area contributed by atoms with Gasteiger partial charge in [0.1, 0.15) is 0 Å². The van der Waals surface area contributed by atoms with Gasteiger partial charge in [0.15, 0.2) is 0 Å². The van der Waals surface area contributed by atoms with Crippen molar-refractivity contribution in [2.45, 2.75) is 19.0 Å². The second-order valence-corrected chi connectivity index (χ2v) is 4.24. The standard InChI is InChI=1S/C10H15F3N2O3/c11-10(12,13)6-14-4-8(16)15-3-1-2-7(5-15)9(17)18/h7,14H,1-6H2,(H,17,18)/t7-/m0/s1. The minimum Gasteiger partial charge on any atom is -0.481 e. The lowest BCUT2D eigenvalue weighted by atomic mass is 9.98. The summed E-state index contributed by atoms with van der Waals surface area (Å²) in [6, 6.07) is 0. The van der Waals surface area contributed by atoms with Crippen molar-refractivity contribution < 1.29 is 27.9 Å². The maximum Gasteiger partial charge on any atom is 0.401 e. The minimum atomic E-state index is -4.36. The van der Waals surface area contributed by atoms with Gasteiger partial charge in [-0.25, -0.2) is 0 Å². The molecule has 1 aliphatic rings. The summed E-state index contributed by atoms with van der Waals surface area (Å²) in [6.07, 6.45) is -3.30. The molecule has 0 aromatic carbocycles. The smallest absolute Gasteiger partial charge is 0.401 e. The number of carbonyl (C=O) groups is 2. The number of rotatable bonds is 4. The van der Waals surface area contributed by atoms with Crippen LogP contribution in [0.25, 0.3) is 0 Å². The van der Waals surface area contributed by atoms with Crippen LogP contribution in [0.4, 0.5) is 13.2 Å². The maximum atomic E-state index is 11.9. The summed E-state index contributed by atoms with van der Waals surface area (Å²) in [6.45, 7) is -1.18. The Bertz CT molecular complexity index is 320. The molecule has 8 heteroatoms. The summed E-state index contributed by atoms with van der Waals surface area (Å²) in [7, 11) is 0. The highest BCUT2D eigenvalue weighted by Crippen LogP contribution is 2.16. The number of aliphatic carboxylic acids is 1. The number of halogens is 3. The van der Waals surface area contributed by atoms with Crippen LogP contribution >= 0.6 is 0 Å². The van der Waals surface area contributed by atoms with Crippen LogP contribution in [0, 0.1) is 5.92 Å². The molecule has 0 radical (unpaired) electrons. The lowest BCUT2D eigenvalue weighted by Gasteiger charge is -2.30. The highest BCUT2D eigenvalue weighted by Gasteiger charge is 2.29. The lowest BCUT2D eigenvalue weighted by molar-refractivity contribution is -0.145. The number of hydrogen-bond acceptors (Lipinski definition) is 3. The van der Waals surface area contributed by atoms with Gasteiger partial charge in [-0.3, -0.25) is 9.59 Å². The Morgan fingerprint density at radius 1 is 1.39 bits per heavy atom. The highest BCUT2D eigenvalue weighted by atomic mass is 19.4. The summed E-state index contributed by atoms with van der Waals surface area (Å²) in [5.74, 6) is -2.09. The van der Waals surface area contributed by atoms with Crippen LogP contribution in [0.5, 0.6) is 0 Å². The number of nitrogens with one attached hydrogen (secondary N) is 1. The van der Waals surface area contributed by atoms with Gasteiger partial charge in [0.25, 0.3) is 0 Å². The van der Waals surface area contributed by atoms with Gasteiger partial charge in [-0.1, -0.05) is 0 Å². The molecule has 1 saturated heterocycles. The number of carbonyl (C=O) groups excluding carboxylic acids is 1. The van der Waals surface area contributed by atoms with Crippen molar-refractivity contribution in [2.75, 3.05) is 26.2 Å². The van der Waals surface area contributed by atoms with Crippen LogP contribution in [0.3, 0.4) is 0 Å². The highest BCUT2D eigenvalue weighted by molar-refractivity contribution is 5.79. The van der Waals surface area contributed by atoms with Gasteiger partial charge in [-0.15, -0.1) is 0 Å². The van der Waals surface area contributed by atoms with Crippen LogP contribution in [0.1, 0.15) is 12.8 Å². The van der Waals surface area contributed by atoms with E-state index in [-0.39, 0.29) is 6.54 Å². The minimum absolute atomic E-state index is 0.0713. The number of piperidine rings is 1. The molecule has 2 N–H and O–H groups in total. The Morgan fingerprint density at radius 2 is 2.06 bits per heavy atom. The first-order valence-corrected chi connectivity index (χ1v) is 5.57. The third-order valence-corrected chi connectivity index (χ3v) is 2.73. The van der Waals surface area contributed by atoms with Crippen molar-refractivity contribution in [2.24, 2.45) is 5.92 Å². The maximum absolute atomic E-state index is 11.9. The zero-order valence-corrected chi connectivity index (χ0v) is 9.66. The zero-order chi connectivity index (χ0) is 13.8. The van der Waals surface area contributed by atoms with Gasteiger partial charge in [-0.2, -0.15) is 13.2 Å². The van der Waals surface area contributed by atoms with E-state index in [4.69, 9.17) is 5.11 Å². The second-order valence-electron chi connectivity index (χ2n) is 4.24. The third kappa shape index (κ3) is 4.91. The normalized spacial score (nSPS) is 20.8. The molecule has 18 heavy (non-hydrogen) atoms. The first-order chi connectivity index (χ1) is 8.29. The van der Waals surface area contributed by atoms with E-state index >= 15 is 0 Å². The molecule has 5 nitrogen and oxygen atoms in total. The van der Waals surface area contributed by atoms with Crippen molar-refractivity contribution >= 4 is 11.9 Å². The molecule has 1 rings (SSSR count). The Morgan fingerprint density at radius 3 is 2.61 bits per heavy atom. The van der Waals surface area contributed by atoms with Crippen LogP contribution in [0.2, 0.25) is 0 Å². The molecule has 1 heterocycles.